The summed E-state index contributed by atoms with van der Waals surface area (Å²) in [6, 6.07) is 16.6. The Morgan fingerprint density at radius 3 is 2.15 bits per heavy atom. The van der Waals surface area contributed by atoms with Crippen LogP contribution in [0.2, 0.25) is 0 Å². The predicted molar refractivity (Wildman–Crippen MR) is 79.0 cm³/mol. The molecule has 0 aliphatic carbocycles. The van der Waals surface area contributed by atoms with E-state index < -0.39 is 12.2 Å². The second-order valence-corrected chi connectivity index (χ2v) is 4.35. The van der Waals surface area contributed by atoms with Gasteiger partial charge in [-0.15, -0.1) is 0 Å². The van der Waals surface area contributed by atoms with E-state index in [1.165, 1.54) is 0 Å². The van der Waals surface area contributed by atoms with E-state index in [0.29, 0.717) is 5.75 Å². The lowest BCUT2D eigenvalue weighted by atomic mass is 10.0. The predicted octanol–water partition coefficient (Wildman–Crippen LogP) is 3.36. The fourth-order valence-corrected chi connectivity index (χ4v) is 1.89. The van der Waals surface area contributed by atoms with E-state index in [0.717, 1.165) is 11.3 Å². The second-order valence-electron chi connectivity index (χ2n) is 4.35. The van der Waals surface area contributed by atoms with E-state index in [-0.39, 0.29) is 0 Å². The molecule has 0 aliphatic rings. The van der Waals surface area contributed by atoms with E-state index in [1.807, 2.05) is 42.5 Å². The fourth-order valence-electron chi connectivity index (χ4n) is 1.89. The van der Waals surface area contributed by atoms with Crippen LogP contribution in [0.5, 0.6) is 11.5 Å². The molecule has 2 atom stereocenters. The highest BCUT2D eigenvalue weighted by Crippen LogP contribution is 2.24. The van der Waals surface area contributed by atoms with Crippen molar-refractivity contribution in [3.63, 3.8) is 0 Å². The zero-order valence-corrected chi connectivity index (χ0v) is 11.4. The van der Waals surface area contributed by atoms with Gasteiger partial charge in [0.1, 0.15) is 23.7 Å². The zero-order chi connectivity index (χ0) is 14.4. The largest absolute Gasteiger partial charge is 0.497 e. The minimum atomic E-state index is -0.754. The van der Waals surface area contributed by atoms with Crippen LogP contribution in [0.1, 0.15) is 11.7 Å². The molecule has 0 spiro atoms. The Bertz CT molecular complexity index is 534. The molecule has 0 fully saturated rings. The molecular formula is C17H18O3. The smallest absolute Gasteiger partial charge is 0.147 e. The van der Waals surface area contributed by atoms with Crippen LogP contribution in [0.25, 0.3) is 0 Å². The number of ether oxygens (including phenoxy) is 2. The molecule has 3 heteroatoms. The first-order valence-corrected chi connectivity index (χ1v) is 6.41. The van der Waals surface area contributed by atoms with Crippen LogP contribution in [-0.4, -0.2) is 18.3 Å². The van der Waals surface area contributed by atoms with Crippen LogP contribution < -0.4 is 9.47 Å². The SMILES string of the molecule is C=C[C@H](Oc1ccc(OC)cc1)[C@H](O)c1ccccc1. The van der Waals surface area contributed by atoms with Crippen LogP contribution in [-0.2, 0) is 0 Å². The van der Waals surface area contributed by atoms with Crippen LogP contribution >= 0.6 is 0 Å². The Labute approximate surface area is 119 Å². The molecular weight excluding hydrogens is 252 g/mol. The van der Waals surface area contributed by atoms with E-state index in [4.69, 9.17) is 9.47 Å². The topological polar surface area (TPSA) is 38.7 Å². The second kappa shape index (κ2) is 6.78. The third-order valence-corrected chi connectivity index (χ3v) is 3.02. The van der Waals surface area contributed by atoms with Gasteiger partial charge in [-0.25, -0.2) is 0 Å². The van der Waals surface area contributed by atoms with E-state index in [9.17, 15) is 5.11 Å². The van der Waals surface area contributed by atoms with Gasteiger partial charge < -0.3 is 14.6 Å². The fraction of sp³-hybridized carbons (Fsp3) is 0.176. The first-order valence-electron chi connectivity index (χ1n) is 6.41. The quantitative estimate of drug-likeness (QED) is 0.818. The minimum absolute atomic E-state index is 0.509. The normalized spacial score (nSPS) is 13.3. The van der Waals surface area contributed by atoms with Gasteiger partial charge >= 0.3 is 0 Å². The summed E-state index contributed by atoms with van der Waals surface area (Å²) in [5.74, 6) is 1.42. The third-order valence-electron chi connectivity index (χ3n) is 3.02. The van der Waals surface area contributed by atoms with Gasteiger partial charge in [-0.1, -0.05) is 36.9 Å². The first-order chi connectivity index (χ1) is 9.74. The van der Waals surface area contributed by atoms with Crippen LogP contribution in [0, 0.1) is 0 Å². The first kappa shape index (κ1) is 14.2. The summed E-state index contributed by atoms with van der Waals surface area (Å²) >= 11 is 0. The van der Waals surface area contributed by atoms with Crippen molar-refractivity contribution in [2.75, 3.05) is 7.11 Å². The van der Waals surface area contributed by atoms with Gasteiger partial charge in [-0.2, -0.15) is 0 Å². The molecule has 2 aromatic rings. The number of methoxy groups -OCH3 is 1. The number of hydrogen-bond acceptors (Lipinski definition) is 3. The maximum absolute atomic E-state index is 10.3. The van der Waals surface area contributed by atoms with E-state index >= 15 is 0 Å². The molecule has 0 amide bonds. The number of aliphatic hydroxyl groups is 1. The Hall–Kier alpha value is -2.26. The average molecular weight is 270 g/mol. The Morgan fingerprint density at radius 2 is 1.60 bits per heavy atom. The maximum atomic E-state index is 10.3. The molecule has 0 radical (unpaired) electrons. The number of rotatable bonds is 6. The molecule has 2 aromatic carbocycles. The van der Waals surface area contributed by atoms with Crippen LogP contribution in [0.4, 0.5) is 0 Å². The molecule has 104 valence electrons. The summed E-state index contributed by atoms with van der Waals surface area (Å²) in [4.78, 5) is 0. The lowest BCUT2D eigenvalue weighted by Gasteiger charge is -2.21. The summed E-state index contributed by atoms with van der Waals surface area (Å²) in [6.45, 7) is 3.73. The molecule has 0 aromatic heterocycles. The summed E-state index contributed by atoms with van der Waals surface area (Å²) in [5.41, 5.74) is 0.797. The molecule has 0 saturated carbocycles. The number of hydrogen-bond donors (Lipinski definition) is 1. The third kappa shape index (κ3) is 3.39. The van der Waals surface area contributed by atoms with Gasteiger partial charge in [0.05, 0.1) is 7.11 Å². The van der Waals surface area contributed by atoms with Crippen molar-refractivity contribution in [1.82, 2.24) is 0 Å². The molecule has 1 N–H and O–H groups in total. The zero-order valence-electron chi connectivity index (χ0n) is 11.4. The van der Waals surface area contributed by atoms with Crippen molar-refractivity contribution in [2.45, 2.75) is 12.2 Å². The van der Waals surface area contributed by atoms with Gasteiger partial charge in [0.2, 0.25) is 0 Å². The summed E-state index contributed by atoms with van der Waals surface area (Å²) < 4.78 is 10.8. The molecule has 20 heavy (non-hydrogen) atoms. The molecule has 0 saturated heterocycles. The molecule has 3 nitrogen and oxygen atoms in total. The molecule has 0 heterocycles. The van der Waals surface area contributed by atoms with Gasteiger partial charge in [-0.05, 0) is 35.9 Å². The number of benzene rings is 2. The Kier molecular flexibility index (Phi) is 4.80. The van der Waals surface area contributed by atoms with Crippen molar-refractivity contribution in [1.29, 1.82) is 0 Å². The van der Waals surface area contributed by atoms with E-state index in [1.54, 1.807) is 25.3 Å². The molecule has 0 unspecified atom stereocenters. The van der Waals surface area contributed by atoms with Gasteiger partial charge in [0, 0.05) is 0 Å². The summed E-state index contributed by atoms with van der Waals surface area (Å²) in [5, 5.41) is 10.3. The van der Waals surface area contributed by atoms with Crippen molar-refractivity contribution >= 4 is 0 Å². The van der Waals surface area contributed by atoms with Crippen molar-refractivity contribution in [3.8, 4) is 11.5 Å². The highest BCUT2D eigenvalue weighted by atomic mass is 16.5. The minimum Gasteiger partial charge on any atom is -0.497 e. The molecule has 0 bridgehead atoms. The monoisotopic (exact) mass is 270 g/mol. The van der Waals surface area contributed by atoms with Crippen LogP contribution in [0.3, 0.4) is 0 Å². The Morgan fingerprint density at radius 1 is 1.00 bits per heavy atom. The number of aliphatic hydroxyl groups excluding tert-OH is 1. The molecule has 0 aliphatic heterocycles. The van der Waals surface area contributed by atoms with Crippen molar-refractivity contribution in [3.05, 3.63) is 72.8 Å². The standard InChI is InChI=1S/C17H18O3/c1-3-16(17(18)13-7-5-4-6-8-13)20-15-11-9-14(19-2)10-12-15/h3-12,16-18H,1H2,2H3/t16-,17+/m0/s1. The van der Waals surface area contributed by atoms with Crippen molar-refractivity contribution in [2.24, 2.45) is 0 Å². The maximum Gasteiger partial charge on any atom is 0.147 e. The lowest BCUT2D eigenvalue weighted by molar-refractivity contribution is 0.0638. The Balaban J connectivity index is 2.10. The molecule has 2 rings (SSSR count). The summed E-state index contributed by atoms with van der Waals surface area (Å²) in [6.07, 6.45) is 0.337. The summed E-state index contributed by atoms with van der Waals surface area (Å²) in [7, 11) is 1.61. The van der Waals surface area contributed by atoms with Gasteiger partial charge in [-0.3, -0.25) is 0 Å². The van der Waals surface area contributed by atoms with E-state index in [2.05, 4.69) is 6.58 Å². The highest BCUT2D eigenvalue weighted by molar-refractivity contribution is 5.32. The van der Waals surface area contributed by atoms with Crippen molar-refractivity contribution < 1.29 is 14.6 Å². The van der Waals surface area contributed by atoms with Gasteiger partial charge in [0.15, 0.2) is 0 Å². The van der Waals surface area contributed by atoms with Gasteiger partial charge in [0.25, 0.3) is 0 Å². The lowest BCUT2D eigenvalue weighted by Crippen LogP contribution is -2.22. The highest BCUT2D eigenvalue weighted by Gasteiger charge is 2.19. The average Bonchev–Trinajstić information content (AvgIpc) is 2.53. The van der Waals surface area contributed by atoms with Crippen LogP contribution in [0.15, 0.2) is 67.3 Å².